The Balaban J connectivity index is 1.63. The van der Waals surface area contributed by atoms with Gasteiger partial charge in [-0.1, -0.05) is 17.7 Å². The summed E-state index contributed by atoms with van der Waals surface area (Å²) in [5.74, 6) is -0.856. The van der Waals surface area contributed by atoms with Gasteiger partial charge in [0.05, 0.1) is 21.2 Å². The smallest absolute Gasteiger partial charge is 0.363 e. The van der Waals surface area contributed by atoms with Crippen LogP contribution in [0, 0.1) is 20.6 Å². The molecule has 0 bridgehead atoms. The van der Waals surface area contributed by atoms with Crippen LogP contribution in [0.25, 0.3) is 6.08 Å². The van der Waals surface area contributed by atoms with Crippen molar-refractivity contribution >= 4 is 63.8 Å². The van der Waals surface area contributed by atoms with Crippen LogP contribution in [-0.4, -0.2) is 29.9 Å². The molecule has 0 aliphatic carbocycles. The summed E-state index contributed by atoms with van der Waals surface area (Å²) in [6, 6.07) is 14.0. The van der Waals surface area contributed by atoms with Crippen molar-refractivity contribution in [2.75, 3.05) is 7.11 Å². The normalized spacial score (nSPS) is 13.8. The van der Waals surface area contributed by atoms with Crippen molar-refractivity contribution in [3.05, 3.63) is 101 Å². The highest BCUT2D eigenvalue weighted by Crippen LogP contribution is 2.36. The predicted molar refractivity (Wildman–Crippen MR) is 141 cm³/mol. The van der Waals surface area contributed by atoms with Gasteiger partial charge in [-0.3, -0.25) is 10.1 Å². The Morgan fingerprint density at radius 3 is 2.56 bits per heavy atom. The first-order valence-corrected chi connectivity index (χ1v) is 11.7. The van der Waals surface area contributed by atoms with Crippen LogP contribution in [0.1, 0.15) is 27.0 Å². The maximum absolute atomic E-state index is 12.6. The van der Waals surface area contributed by atoms with E-state index in [-0.39, 0.29) is 28.8 Å². The van der Waals surface area contributed by atoms with Gasteiger partial charge in [-0.05, 0) is 83.6 Å². The van der Waals surface area contributed by atoms with E-state index in [2.05, 4.69) is 4.99 Å². The van der Waals surface area contributed by atoms with Crippen molar-refractivity contribution in [3.8, 4) is 11.5 Å². The molecule has 0 aromatic heterocycles. The first-order chi connectivity index (χ1) is 17.2. The van der Waals surface area contributed by atoms with E-state index in [9.17, 15) is 19.7 Å². The van der Waals surface area contributed by atoms with Gasteiger partial charge in [0.25, 0.3) is 5.69 Å². The van der Waals surface area contributed by atoms with Gasteiger partial charge in [0.1, 0.15) is 0 Å². The fourth-order valence-corrected chi connectivity index (χ4v) is 4.15. The number of hydrogen-bond donors (Lipinski definition) is 0. The fraction of sp³-hybridized carbons (Fsp3) is 0.0800. The second kappa shape index (κ2) is 10.5. The lowest BCUT2D eigenvalue weighted by atomic mass is 10.1. The van der Waals surface area contributed by atoms with E-state index in [4.69, 9.17) is 25.8 Å². The zero-order valence-corrected chi connectivity index (χ0v) is 21.7. The number of nitro benzene ring substituents is 1. The number of aryl methyl sites for hydroxylation is 1. The summed E-state index contributed by atoms with van der Waals surface area (Å²) in [4.78, 5) is 39.9. The Labute approximate surface area is 223 Å². The fourth-order valence-electron chi connectivity index (χ4n) is 3.29. The van der Waals surface area contributed by atoms with E-state index in [1.165, 1.54) is 19.3 Å². The number of benzene rings is 3. The highest BCUT2D eigenvalue weighted by atomic mass is 127. The SMILES string of the molecule is COc1cc(/C=C2\N=C(c3ccc(C)c([N+](=O)[O-])c3)OC2=O)cc(I)c1OC(=O)c1ccc(Cl)cc1. The van der Waals surface area contributed by atoms with Crippen LogP contribution in [0.4, 0.5) is 5.69 Å². The van der Waals surface area contributed by atoms with Gasteiger partial charge in [0.2, 0.25) is 5.90 Å². The summed E-state index contributed by atoms with van der Waals surface area (Å²) in [7, 11) is 1.42. The molecule has 36 heavy (non-hydrogen) atoms. The van der Waals surface area contributed by atoms with Gasteiger partial charge >= 0.3 is 11.9 Å². The molecule has 0 saturated heterocycles. The van der Waals surface area contributed by atoms with E-state index < -0.39 is 16.9 Å². The third kappa shape index (κ3) is 5.39. The number of cyclic esters (lactones) is 1. The molecule has 4 rings (SSSR count). The standard InChI is InChI=1S/C25H16ClIN2O7/c1-13-3-4-16(12-20(13)29(32)33)23-28-19(25(31)36-23)10-14-9-18(27)22(21(11-14)34-2)35-24(30)15-5-7-17(26)8-6-15/h3-12H,1-2H3/b19-10-. The Morgan fingerprint density at radius 1 is 1.17 bits per heavy atom. The molecule has 182 valence electrons. The number of halogens is 2. The van der Waals surface area contributed by atoms with Crippen molar-refractivity contribution in [2.45, 2.75) is 6.92 Å². The van der Waals surface area contributed by atoms with Gasteiger partial charge < -0.3 is 14.2 Å². The maximum atomic E-state index is 12.6. The molecule has 0 atom stereocenters. The van der Waals surface area contributed by atoms with Crippen LogP contribution in [0.2, 0.25) is 5.02 Å². The molecular weight excluding hydrogens is 603 g/mol. The Hall–Kier alpha value is -3.77. The van der Waals surface area contributed by atoms with Crippen molar-refractivity contribution in [1.82, 2.24) is 0 Å². The quantitative estimate of drug-likeness (QED) is 0.0864. The van der Waals surface area contributed by atoms with Crippen LogP contribution < -0.4 is 9.47 Å². The second-order valence-electron chi connectivity index (χ2n) is 7.52. The molecule has 0 saturated carbocycles. The van der Waals surface area contributed by atoms with E-state index in [1.807, 2.05) is 22.6 Å². The maximum Gasteiger partial charge on any atom is 0.363 e. The van der Waals surface area contributed by atoms with Gasteiger partial charge in [0, 0.05) is 22.2 Å². The highest BCUT2D eigenvalue weighted by Gasteiger charge is 2.26. The second-order valence-corrected chi connectivity index (χ2v) is 9.12. The zero-order valence-electron chi connectivity index (χ0n) is 18.8. The summed E-state index contributed by atoms with van der Waals surface area (Å²) in [5, 5.41) is 11.7. The third-order valence-corrected chi connectivity index (χ3v) is 6.16. The molecule has 0 N–H and O–H groups in total. The van der Waals surface area contributed by atoms with Crippen LogP contribution in [-0.2, 0) is 9.53 Å². The van der Waals surface area contributed by atoms with Crippen LogP contribution in [0.5, 0.6) is 11.5 Å². The summed E-state index contributed by atoms with van der Waals surface area (Å²) in [5.41, 5.74) is 1.53. The summed E-state index contributed by atoms with van der Waals surface area (Å²) >= 11 is 7.86. The molecule has 0 unspecified atom stereocenters. The Kier molecular flexibility index (Phi) is 7.36. The lowest BCUT2D eigenvalue weighted by Gasteiger charge is -2.12. The Bertz CT molecular complexity index is 1470. The number of carbonyl (C=O) groups is 2. The minimum Gasteiger partial charge on any atom is -0.493 e. The number of carbonyl (C=O) groups excluding carboxylic acids is 2. The number of esters is 2. The lowest BCUT2D eigenvalue weighted by molar-refractivity contribution is -0.385. The van der Waals surface area contributed by atoms with Gasteiger partial charge in [-0.2, -0.15) is 0 Å². The van der Waals surface area contributed by atoms with Crippen molar-refractivity contribution in [3.63, 3.8) is 0 Å². The summed E-state index contributed by atoms with van der Waals surface area (Å²) in [6.45, 7) is 1.61. The molecule has 0 spiro atoms. The average Bonchev–Trinajstić information content (AvgIpc) is 3.20. The van der Waals surface area contributed by atoms with Crippen molar-refractivity contribution in [1.29, 1.82) is 0 Å². The Morgan fingerprint density at radius 2 is 1.89 bits per heavy atom. The molecule has 11 heteroatoms. The van der Waals surface area contributed by atoms with Crippen LogP contribution >= 0.6 is 34.2 Å². The number of rotatable bonds is 6. The number of methoxy groups -OCH3 is 1. The van der Waals surface area contributed by atoms with E-state index >= 15 is 0 Å². The minimum absolute atomic E-state index is 0.00279. The lowest BCUT2D eigenvalue weighted by Crippen LogP contribution is -2.10. The zero-order chi connectivity index (χ0) is 26.0. The highest BCUT2D eigenvalue weighted by molar-refractivity contribution is 14.1. The van der Waals surface area contributed by atoms with Gasteiger partial charge in [-0.25, -0.2) is 14.6 Å². The molecule has 0 fully saturated rings. The topological polar surface area (TPSA) is 117 Å². The summed E-state index contributed by atoms with van der Waals surface area (Å²) < 4.78 is 16.7. The molecule has 3 aromatic carbocycles. The molecule has 0 amide bonds. The largest absolute Gasteiger partial charge is 0.493 e. The molecule has 1 aliphatic rings. The van der Waals surface area contributed by atoms with Crippen LogP contribution in [0.3, 0.4) is 0 Å². The monoisotopic (exact) mass is 618 g/mol. The number of nitro groups is 1. The number of nitrogens with zero attached hydrogens (tertiary/aromatic N) is 2. The first kappa shape index (κ1) is 25.3. The predicted octanol–water partition coefficient (Wildman–Crippen LogP) is 5.73. The van der Waals surface area contributed by atoms with E-state index in [0.717, 1.165) is 0 Å². The average molecular weight is 619 g/mol. The van der Waals surface area contributed by atoms with Crippen LogP contribution in [0.15, 0.2) is 65.3 Å². The third-order valence-electron chi connectivity index (χ3n) is 5.10. The van der Waals surface area contributed by atoms with E-state index in [0.29, 0.717) is 30.8 Å². The van der Waals surface area contributed by atoms with Gasteiger partial charge in [-0.15, -0.1) is 0 Å². The molecule has 3 aromatic rings. The molecule has 0 radical (unpaired) electrons. The molecule has 1 heterocycles. The first-order valence-electron chi connectivity index (χ1n) is 10.3. The molecular formula is C25H16ClIN2O7. The molecule has 1 aliphatic heterocycles. The number of aliphatic imine (C=N–C) groups is 1. The summed E-state index contributed by atoms with van der Waals surface area (Å²) in [6.07, 6.45) is 1.48. The van der Waals surface area contributed by atoms with Crippen molar-refractivity contribution in [2.24, 2.45) is 4.99 Å². The van der Waals surface area contributed by atoms with Crippen molar-refractivity contribution < 1.29 is 28.7 Å². The number of ether oxygens (including phenoxy) is 3. The van der Waals surface area contributed by atoms with Gasteiger partial charge in [0.15, 0.2) is 17.2 Å². The number of hydrogen-bond acceptors (Lipinski definition) is 8. The molecule has 9 nitrogen and oxygen atoms in total. The minimum atomic E-state index is -0.708. The van der Waals surface area contributed by atoms with E-state index in [1.54, 1.807) is 55.5 Å².